The van der Waals surface area contributed by atoms with Gasteiger partial charge in [0.2, 0.25) is 15.9 Å². The van der Waals surface area contributed by atoms with Crippen LogP contribution in [0.15, 0.2) is 18.2 Å². The molecule has 1 amide bonds. The van der Waals surface area contributed by atoms with E-state index in [0.717, 1.165) is 51.6 Å². The zero-order valence-corrected chi connectivity index (χ0v) is 28.7. The van der Waals surface area contributed by atoms with Crippen LogP contribution in [0.3, 0.4) is 0 Å². The Morgan fingerprint density at radius 1 is 1.11 bits per heavy atom. The van der Waals surface area contributed by atoms with Gasteiger partial charge in [-0.3, -0.25) is 20.3 Å². The summed E-state index contributed by atoms with van der Waals surface area (Å²) in [6.07, 6.45) is 6.72. The third-order valence-electron chi connectivity index (χ3n) is 11.3. The Morgan fingerprint density at radius 3 is 2.49 bits per heavy atom. The average molecular weight is 646 g/mol. The van der Waals surface area contributed by atoms with Crippen molar-refractivity contribution in [1.82, 2.24) is 25.2 Å². The van der Waals surface area contributed by atoms with Crippen LogP contribution in [0.4, 0.5) is 0 Å². The molecule has 1 spiro atoms. The summed E-state index contributed by atoms with van der Waals surface area (Å²) < 4.78 is 37.6. The predicted molar refractivity (Wildman–Crippen MR) is 175 cm³/mol. The molecule has 5 aliphatic rings. The molecule has 4 bridgehead atoms. The number of hydrogen-bond donors (Lipinski definition) is 4. The molecule has 11 heteroatoms. The lowest BCUT2D eigenvalue weighted by atomic mass is 9.63. The molecular weight excluding hydrogens is 590 g/mol. The van der Waals surface area contributed by atoms with Gasteiger partial charge in [0.05, 0.1) is 11.9 Å². The molecule has 45 heavy (non-hydrogen) atoms. The maximum atomic E-state index is 13.9. The van der Waals surface area contributed by atoms with Crippen LogP contribution < -0.4 is 15.4 Å². The molecular formula is C34H55N5O5S. The Hall–Kier alpha value is -1.60. The molecule has 0 aromatic heterocycles. The molecule has 10 nitrogen and oxygen atoms in total. The van der Waals surface area contributed by atoms with Crippen LogP contribution in [-0.2, 0) is 19.6 Å². The van der Waals surface area contributed by atoms with E-state index in [4.69, 9.17) is 4.74 Å². The van der Waals surface area contributed by atoms with E-state index in [-0.39, 0.29) is 41.1 Å². The minimum atomic E-state index is -3.59. The number of aliphatic hydroxyl groups is 1. The third-order valence-corrected chi connectivity index (χ3v) is 13.2. The number of ether oxygens (including phenoxy) is 1. The van der Waals surface area contributed by atoms with Crippen LogP contribution in [0, 0.1) is 25.2 Å². The first-order valence-electron chi connectivity index (χ1n) is 17.1. The predicted octanol–water partition coefficient (Wildman–Crippen LogP) is 3.28. The lowest BCUT2D eigenvalue weighted by molar-refractivity contribution is -0.172. The molecule has 5 unspecified atom stereocenters. The fraction of sp³-hybridized carbons (Fsp3) is 0.794. The SMILES string of the molecule is Cc1cccc(C)c1C1CC2NC(N1)NS(=O)(=O)C1CCCC(C1)CN(C1CC3(CCN3C(=O)CO)C1)[C@H](CC(C)(C)C)CO2. The van der Waals surface area contributed by atoms with E-state index >= 15 is 0 Å². The highest BCUT2D eigenvalue weighted by atomic mass is 32.2. The first kappa shape index (κ1) is 33.3. The minimum absolute atomic E-state index is 0.0632. The zero-order valence-electron chi connectivity index (χ0n) is 27.8. The van der Waals surface area contributed by atoms with Crippen molar-refractivity contribution in [1.29, 1.82) is 0 Å². The maximum Gasteiger partial charge on any atom is 0.248 e. The summed E-state index contributed by atoms with van der Waals surface area (Å²) >= 11 is 0. The third kappa shape index (κ3) is 7.00. The van der Waals surface area contributed by atoms with E-state index in [1.54, 1.807) is 0 Å². The minimum Gasteiger partial charge on any atom is -0.387 e. The molecule has 3 aliphatic heterocycles. The number of amides is 1. The van der Waals surface area contributed by atoms with Crippen LogP contribution in [0.5, 0.6) is 0 Å². The number of aryl methyl sites for hydroxylation is 2. The van der Waals surface area contributed by atoms with Gasteiger partial charge in [0.25, 0.3) is 0 Å². The van der Waals surface area contributed by atoms with Gasteiger partial charge in [0.1, 0.15) is 19.1 Å². The number of carbonyl (C=O) groups excluding carboxylic acids is 1. The van der Waals surface area contributed by atoms with Crippen molar-refractivity contribution < 1.29 is 23.1 Å². The van der Waals surface area contributed by atoms with Gasteiger partial charge in [-0.05, 0) is 86.8 Å². The van der Waals surface area contributed by atoms with E-state index in [9.17, 15) is 18.3 Å². The van der Waals surface area contributed by atoms with E-state index in [0.29, 0.717) is 31.9 Å². The molecule has 4 N–H and O–H groups in total. The fourth-order valence-corrected chi connectivity index (χ4v) is 10.7. The first-order chi connectivity index (χ1) is 21.3. The quantitative estimate of drug-likeness (QED) is 0.394. The molecule has 6 rings (SSSR count). The standard InChI is InChI=1S/C34H55N5O5S/c1-22-8-6-9-23(2)31(22)28-15-29-36-32(35-28)37-45(42,43)27-11-7-10-24(14-27)19-38(26(21-44-29)16-33(3,4)5)25-17-34(18-25)12-13-39(34)30(41)20-40/h6,8-9,24-29,32,35-37,40H,7,10-21H2,1-5H3/t24?,25?,26-,27?,28?,29?,32?,34?/m1/s1. The number of sulfonamides is 1. The lowest BCUT2D eigenvalue weighted by Crippen LogP contribution is -2.73. The first-order valence-corrected chi connectivity index (χ1v) is 18.7. The van der Waals surface area contributed by atoms with Gasteiger partial charge in [0.15, 0.2) is 0 Å². The molecule has 0 radical (unpaired) electrons. The van der Waals surface area contributed by atoms with Crippen molar-refractivity contribution in [3.8, 4) is 0 Å². The Bertz CT molecular complexity index is 1320. The average Bonchev–Trinajstić information content (AvgIpc) is 2.92. The summed E-state index contributed by atoms with van der Waals surface area (Å²) in [4.78, 5) is 17.0. The summed E-state index contributed by atoms with van der Waals surface area (Å²) in [7, 11) is -3.59. The van der Waals surface area contributed by atoms with Crippen LogP contribution in [-0.4, -0.2) is 90.9 Å². The molecule has 5 fully saturated rings. The molecule has 2 saturated carbocycles. The van der Waals surface area contributed by atoms with Gasteiger partial charge in [0, 0.05) is 43.2 Å². The Morgan fingerprint density at radius 2 is 1.84 bits per heavy atom. The van der Waals surface area contributed by atoms with Crippen molar-refractivity contribution in [3.63, 3.8) is 0 Å². The summed E-state index contributed by atoms with van der Waals surface area (Å²) in [5.41, 5.74) is 3.51. The van der Waals surface area contributed by atoms with Crippen LogP contribution in [0.25, 0.3) is 0 Å². The highest BCUT2D eigenvalue weighted by Gasteiger charge is 2.57. The smallest absolute Gasteiger partial charge is 0.248 e. The number of likely N-dealkylation sites (tertiary alicyclic amines) is 1. The second-order valence-corrected chi connectivity index (χ2v) is 17.8. The molecule has 6 atom stereocenters. The largest absolute Gasteiger partial charge is 0.387 e. The Labute approximate surface area is 270 Å². The van der Waals surface area contributed by atoms with Gasteiger partial charge in [-0.25, -0.2) is 8.42 Å². The van der Waals surface area contributed by atoms with E-state index in [1.807, 2.05) is 4.90 Å². The number of nitrogens with zero attached hydrogens (tertiary/aromatic N) is 2. The molecule has 3 saturated heterocycles. The molecule has 252 valence electrons. The van der Waals surface area contributed by atoms with Gasteiger partial charge in [-0.2, -0.15) is 4.72 Å². The number of hydrogen-bond acceptors (Lipinski definition) is 8. The normalized spacial score (nSPS) is 37.5. The summed E-state index contributed by atoms with van der Waals surface area (Å²) in [5.74, 6) is 0.108. The topological polar surface area (TPSA) is 123 Å². The van der Waals surface area contributed by atoms with Crippen molar-refractivity contribution in [3.05, 3.63) is 34.9 Å². The van der Waals surface area contributed by atoms with Crippen LogP contribution in [0.1, 0.15) is 101 Å². The number of nitrogens with one attached hydrogen (secondary N) is 3. The number of fused-ring (bicyclic) bond motifs is 4. The van der Waals surface area contributed by atoms with Gasteiger partial charge in [-0.1, -0.05) is 45.4 Å². The molecule has 3 heterocycles. The number of carbonyl (C=O) groups is 1. The van der Waals surface area contributed by atoms with Crippen molar-refractivity contribution in [2.24, 2.45) is 11.3 Å². The van der Waals surface area contributed by atoms with E-state index < -0.39 is 28.2 Å². The molecule has 2 aliphatic carbocycles. The second kappa shape index (κ2) is 12.8. The van der Waals surface area contributed by atoms with Gasteiger partial charge in [-0.15, -0.1) is 0 Å². The molecule has 1 aromatic rings. The summed E-state index contributed by atoms with van der Waals surface area (Å²) in [6.45, 7) is 12.8. The maximum absolute atomic E-state index is 13.9. The highest BCUT2D eigenvalue weighted by molar-refractivity contribution is 7.90. The lowest BCUT2D eigenvalue weighted by Gasteiger charge is -2.64. The number of benzene rings is 1. The van der Waals surface area contributed by atoms with Crippen LogP contribution >= 0.6 is 0 Å². The van der Waals surface area contributed by atoms with Crippen molar-refractivity contribution in [2.45, 2.75) is 134 Å². The van der Waals surface area contributed by atoms with Crippen LogP contribution in [0.2, 0.25) is 0 Å². The van der Waals surface area contributed by atoms with Crippen molar-refractivity contribution in [2.75, 3.05) is 26.3 Å². The van der Waals surface area contributed by atoms with E-state index in [2.05, 4.69) is 73.1 Å². The van der Waals surface area contributed by atoms with Gasteiger partial charge < -0.3 is 14.7 Å². The second-order valence-electron chi connectivity index (χ2n) is 15.9. The van der Waals surface area contributed by atoms with E-state index in [1.165, 1.54) is 16.7 Å². The van der Waals surface area contributed by atoms with Crippen molar-refractivity contribution >= 4 is 15.9 Å². The highest BCUT2D eigenvalue weighted by Crippen LogP contribution is 2.50. The number of rotatable bonds is 4. The summed E-state index contributed by atoms with van der Waals surface area (Å²) in [5, 5.41) is 16.2. The Balaban J connectivity index is 1.31. The summed E-state index contributed by atoms with van der Waals surface area (Å²) in [6, 6.07) is 6.70. The van der Waals surface area contributed by atoms with Gasteiger partial charge >= 0.3 is 0 Å². The fourth-order valence-electron chi connectivity index (χ4n) is 9.09. The number of aliphatic hydroxyl groups excluding tert-OH is 1. The molecule has 1 aromatic carbocycles. The zero-order chi connectivity index (χ0) is 32.1. The monoisotopic (exact) mass is 645 g/mol. The Kier molecular flexibility index (Phi) is 9.46.